The summed E-state index contributed by atoms with van der Waals surface area (Å²) in [5.41, 5.74) is 0.137. The number of hydrogen-bond donors (Lipinski definition) is 2. The Labute approximate surface area is 117 Å². The molecular weight excluding hydrogens is 263 g/mol. The zero-order chi connectivity index (χ0) is 15.0. The average Bonchev–Trinajstić information content (AvgIpc) is 2.38. The normalized spacial score (nSPS) is 10.6. The number of benzene rings is 1. The van der Waals surface area contributed by atoms with E-state index >= 15 is 0 Å². The summed E-state index contributed by atoms with van der Waals surface area (Å²) >= 11 is 0. The van der Waals surface area contributed by atoms with E-state index in [4.69, 9.17) is 5.11 Å². The Kier molecular flexibility index (Phi) is 6.66. The smallest absolute Gasteiger partial charge is 0.317 e. The predicted molar refractivity (Wildman–Crippen MR) is 74.0 cm³/mol. The standard InChI is InChI=1S/C14H19FN2O3/c1-2-8-17(10-14(19)20)9-7-13(18)16-12-6-4-3-5-11(12)15/h3-6H,2,7-10H2,1H3,(H,16,18)(H,19,20). The molecule has 20 heavy (non-hydrogen) atoms. The molecule has 0 aliphatic carbocycles. The van der Waals surface area contributed by atoms with Crippen LogP contribution in [0.25, 0.3) is 0 Å². The van der Waals surface area contributed by atoms with Crippen LogP contribution in [0.2, 0.25) is 0 Å². The van der Waals surface area contributed by atoms with Gasteiger partial charge in [0.15, 0.2) is 0 Å². The van der Waals surface area contributed by atoms with Gasteiger partial charge in [-0.2, -0.15) is 0 Å². The molecule has 0 fully saturated rings. The molecule has 0 aliphatic rings. The van der Waals surface area contributed by atoms with Crippen molar-refractivity contribution in [1.29, 1.82) is 0 Å². The summed E-state index contributed by atoms with van der Waals surface area (Å²) in [5.74, 6) is -1.74. The second-order valence-electron chi connectivity index (χ2n) is 4.45. The van der Waals surface area contributed by atoms with Crippen molar-refractivity contribution in [3.05, 3.63) is 30.1 Å². The van der Waals surface area contributed by atoms with Crippen LogP contribution in [0.3, 0.4) is 0 Å². The molecule has 0 saturated carbocycles. The van der Waals surface area contributed by atoms with Crippen molar-refractivity contribution in [3.8, 4) is 0 Å². The minimum atomic E-state index is -0.923. The number of carbonyl (C=O) groups is 2. The number of hydrogen-bond acceptors (Lipinski definition) is 3. The van der Waals surface area contributed by atoms with Crippen LogP contribution in [0, 0.1) is 5.82 Å². The molecular formula is C14H19FN2O3. The average molecular weight is 282 g/mol. The first-order chi connectivity index (χ1) is 9.52. The van der Waals surface area contributed by atoms with E-state index in [1.54, 1.807) is 17.0 Å². The summed E-state index contributed by atoms with van der Waals surface area (Å²) in [7, 11) is 0. The lowest BCUT2D eigenvalue weighted by atomic mass is 10.2. The van der Waals surface area contributed by atoms with Crippen molar-refractivity contribution < 1.29 is 19.1 Å². The topological polar surface area (TPSA) is 69.6 Å². The van der Waals surface area contributed by atoms with Crippen LogP contribution >= 0.6 is 0 Å². The van der Waals surface area contributed by atoms with Gasteiger partial charge in [-0.25, -0.2) is 4.39 Å². The quantitative estimate of drug-likeness (QED) is 0.764. The van der Waals surface area contributed by atoms with E-state index in [-0.39, 0.29) is 24.6 Å². The molecule has 0 aromatic heterocycles. The largest absolute Gasteiger partial charge is 0.480 e. The summed E-state index contributed by atoms with van der Waals surface area (Å²) < 4.78 is 13.3. The molecule has 2 N–H and O–H groups in total. The zero-order valence-corrected chi connectivity index (χ0v) is 11.4. The lowest BCUT2D eigenvalue weighted by molar-refractivity contribution is -0.138. The second-order valence-corrected chi connectivity index (χ2v) is 4.45. The summed E-state index contributed by atoms with van der Waals surface area (Å²) in [6, 6.07) is 5.92. The van der Waals surface area contributed by atoms with Gasteiger partial charge >= 0.3 is 5.97 Å². The van der Waals surface area contributed by atoms with Crippen LogP contribution in [0.4, 0.5) is 10.1 Å². The number of amides is 1. The van der Waals surface area contributed by atoms with Gasteiger partial charge in [0.1, 0.15) is 5.82 Å². The maximum absolute atomic E-state index is 13.3. The van der Waals surface area contributed by atoms with Crippen LogP contribution in [0.15, 0.2) is 24.3 Å². The molecule has 0 spiro atoms. The summed E-state index contributed by atoms with van der Waals surface area (Å²) in [4.78, 5) is 24.1. The molecule has 0 aliphatic heterocycles. The van der Waals surface area contributed by atoms with Crippen molar-refractivity contribution in [3.63, 3.8) is 0 Å². The fourth-order valence-corrected chi connectivity index (χ4v) is 1.81. The highest BCUT2D eigenvalue weighted by molar-refractivity contribution is 5.90. The highest BCUT2D eigenvalue weighted by atomic mass is 19.1. The predicted octanol–water partition coefficient (Wildman–Crippen LogP) is 1.95. The fourth-order valence-electron chi connectivity index (χ4n) is 1.81. The van der Waals surface area contributed by atoms with E-state index in [2.05, 4.69) is 5.32 Å². The number of nitrogens with zero attached hydrogens (tertiary/aromatic N) is 1. The number of aliphatic carboxylic acids is 1. The number of nitrogens with one attached hydrogen (secondary N) is 1. The SMILES string of the molecule is CCCN(CCC(=O)Nc1ccccc1F)CC(=O)O. The van der Waals surface area contributed by atoms with Crippen molar-refractivity contribution in [2.45, 2.75) is 19.8 Å². The second kappa shape index (κ2) is 8.27. The summed E-state index contributed by atoms with van der Waals surface area (Å²) in [6.07, 6.45) is 0.934. The molecule has 5 nitrogen and oxygen atoms in total. The van der Waals surface area contributed by atoms with Crippen LogP contribution in [-0.4, -0.2) is 41.5 Å². The van der Waals surface area contributed by atoms with Crippen LogP contribution < -0.4 is 5.32 Å². The van der Waals surface area contributed by atoms with E-state index in [1.165, 1.54) is 12.1 Å². The van der Waals surface area contributed by atoms with Gasteiger partial charge in [0.2, 0.25) is 5.91 Å². The minimum Gasteiger partial charge on any atom is -0.480 e. The highest BCUT2D eigenvalue weighted by Gasteiger charge is 2.12. The molecule has 0 atom stereocenters. The Bertz CT molecular complexity index is 465. The van der Waals surface area contributed by atoms with Gasteiger partial charge in [-0.1, -0.05) is 19.1 Å². The summed E-state index contributed by atoms with van der Waals surface area (Å²) in [6.45, 7) is 2.79. The van der Waals surface area contributed by atoms with E-state index in [0.717, 1.165) is 6.42 Å². The highest BCUT2D eigenvalue weighted by Crippen LogP contribution is 2.12. The van der Waals surface area contributed by atoms with Crippen molar-refractivity contribution in [2.24, 2.45) is 0 Å². The van der Waals surface area contributed by atoms with Crippen molar-refractivity contribution in [1.82, 2.24) is 4.90 Å². The van der Waals surface area contributed by atoms with Gasteiger partial charge in [-0.05, 0) is 25.1 Å². The Morgan fingerprint density at radius 2 is 2.00 bits per heavy atom. The first-order valence-electron chi connectivity index (χ1n) is 6.51. The third-order valence-electron chi connectivity index (χ3n) is 2.70. The Balaban J connectivity index is 2.45. The lowest BCUT2D eigenvalue weighted by Crippen LogP contribution is -2.33. The van der Waals surface area contributed by atoms with E-state index in [0.29, 0.717) is 13.1 Å². The first-order valence-corrected chi connectivity index (χ1v) is 6.51. The molecule has 0 saturated heterocycles. The number of rotatable bonds is 8. The van der Waals surface area contributed by atoms with E-state index in [1.807, 2.05) is 6.92 Å². The monoisotopic (exact) mass is 282 g/mol. The molecule has 1 amide bonds. The number of carbonyl (C=O) groups excluding carboxylic acids is 1. The first kappa shape index (κ1) is 16.1. The van der Waals surface area contributed by atoms with Gasteiger partial charge in [0.25, 0.3) is 0 Å². The van der Waals surface area contributed by atoms with Gasteiger partial charge in [-0.15, -0.1) is 0 Å². The van der Waals surface area contributed by atoms with Crippen molar-refractivity contribution in [2.75, 3.05) is 25.0 Å². The molecule has 0 radical (unpaired) electrons. The third-order valence-corrected chi connectivity index (χ3v) is 2.70. The van der Waals surface area contributed by atoms with Crippen LogP contribution in [-0.2, 0) is 9.59 Å². The fraction of sp³-hybridized carbons (Fsp3) is 0.429. The van der Waals surface area contributed by atoms with Gasteiger partial charge < -0.3 is 10.4 Å². The zero-order valence-electron chi connectivity index (χ0n) is 11.4. The van der Waals surface area contributed by atoms with Gasteiger partial charge in [0, 0.05) is 13.0 Å². The van der Waals surface area contributed by atoms with E-state index in [9.17, 15) is 14.0 Å². The molecule has 110 valence electrons. The lowest BCUT2D eigenvalue weighted by Gasteiger charge is -2.18. The minimum absolute atomic E-state index is 0.0964. The number of para-hydroxylation sites is 1. The number of anilines is 1. The molecule has 1 aromatic carbocycles. The van der Waals surface area contributed by atoms with Crippen LogP contribution in [0.1, 0.15) is 19.8 Å². The number of carboxylic acid groups (broad SMARTS) is 1. The molecule has 0 unspecified atom stereocenters. The Hall–Kier alpha value is -1.95. The molecule has 1 aromatic rings. The number of halogens is 1. The maximum atomic E-state index is 13.3. The maximum Gasteiger partial charge on any atom is 0.317 e. The molecule has 0 heterocycles. The Morgan fingerprint density at radius 3 is 2.60 bits per heavy atom. The third kappa shape index (κ3) is 5.79. The van der Waals surface area contributed by atoms with Gasteiger partial charge in [-0.3, -0.25) is 14.5 Å². The van der Waals surface area contributed by atoms with Crippen LogP contribution in [0.5, 0.6) is 0 Å². The van der Waals surface area contributed by atoms with E-state index < -0.39 is 11.8 Å². The molecule has 6 heteroatoms. The molecule has 0 bridgehead atoms. The molecule has 1 rings (SSSR count). The van der Waals surface area contributed by atoms with Crippen molar-refractivity contribution >= 4 is 17.6 Å². The van der Waals surface area contributed by atoms with Gasteiger partial charge in [0.05, 0.1) is 12.2 Å². The summed E-state index contributed by atoms with van der Waals surface area (Å²) in [5, 5.41) is 11.2. The number of carboxylic acids is 1. The Morgan fingerprint density at radius 1 is 1.30 bits per heavy atom.